The Morgan fingerprint density at radius 3 is 0.750 bits per heavy atom. The fraction of sp³-hybridized carbons (Fsp3) is 0. The van der Waals surface area contributed by atoms with Crippen LogP contribution in [0.4, 0.5) is 0 Å². The van der Waals surface area contributed by atoms with Gasteiger partial charge in [0.15, 0.2) is 5.65 Å². The topological polar surface area (TPSA) is 95.4 Å². The molecule has 0 unspecified atom stereocenters. The van der Waals surface area contributed by atoms with Crippen LogP contribution >= 0.6 is 0 Å². The zero-order chi connectivity index (χ0) is 10.8. The van der Waals surface area contributed by atoms with Gasteiger partial charge in [-0.2, -0.15) is 0 Å². The lowest BCUT2D eigenvalue weighted by Gasteiger charge is -0.890. The average Bonchev–Trinajstić information content (AvgIpc) is 1.92. The second kappa shape index (κ2) is 71.4. The minimum absolute atomic E-state index is 2.50. The molecule has 0 aliphatic heterocycles. The molecular formula is C4H12N4. The standard InChI is InChI=1S/4CH3N/c4*1-2/h4*2H,1H2/i/hT4. The Hall–Kier alpha value is -1.32. The molecule has 0 aliphatic rings. The molecule has 0 rings (SSSR count). The first kappa shape index (κ1) is 4.83. The lowest BCUT2D eigenvalue weighted by atomic mass is 11.8. The minimum Gasteiger partial charge on any atom is -0.317 e. The van der Waals surface area contributed by atoms with Crippen molar-refractivity contribution in [2.24, 2.45) is 0 Å². The van der Waals surface area contributed by atoms with Crippen molar-refractivity contribution >= 4 is 26.9 Å². The Morgan fingerprint density at radius 1 is 0.750 bits per heavy atom. The maximum Gasteiger partial charge on any atom is 0.186 e. The van der Waals surface area contributed by atoms with Gasteiger partial charge in [-0.25, -0.2) is 0 Å². The van der Waals surface area contributed by atoms with Gasteiger partial charge in [0.25, 0.3) is 0 Å². The number of nitrogens with one attached hydrogen (secondary N) is 4. The molecule has 0 aromatic carbocycles. The minimum atomic E-state index is 2.50. The summed E-state index contributed by atoms with van der Waals surface area (Å²) in [5.74, 6) is 0. The summed E-state index contributed by atoms with van der Waals surface area (Å²) >= 11 is 0. The van der Waals surface area contributed by atoms with Gasteiger partial charge < -0.3 is 21.6 Å². The van der Waals surface area contributed by atoms with Crippen LogP contribution in [0.3, 0.4) is 0 Å². The van der Waals surface area contributed by atoms with Crippen molar-refractivity contribution in [1.29, 1.82) is 21.6 Å². The van der Waals surface area contributed by atoms with E-state index >= 15 is 0 Å². The maximum absolute atomic E-state index is 5.72. The summed E-state index contributed by atoms with van der Waals surface area (Å²) in [6.07, 6.45) is 0. The first-order chi connectivity index (χ1) is 5.66. The van der Waals surface area contributed by atoms with Crippen LogP contribution in [0.2, 0.25) is 5.65 Å². The molecule has 4 heteroatoms. The van der Waals surface area contributed by atoms with Crippen molar-refractivity contribution in [2.75, 3.05) is 0 Å². The average molecular weight is 124 g/mol. The number of hydrogen-bond donors (Lipinski definition) is 4. The Bertz CT molecular complexity index is 73.1. The van der Waals surface area contributed by atoms with Gasteiger partial charge in [-0.15, -0.1) is 0 Å². The maximum atomic E-state index is 5.72. The second-order valence-electron chi connectivity index (χ2n) is 0. The third-order valence-electron chi connectivity index (χ3n) is 0. The summed E-state index contributed by atoms with van der Waals surface area (Å²) in [6, 6.07) is 0. The Balaban J connectivity index is -0.0000000356. The zero-order valence-corrected chi connectivity index (χ0v) is 4.62. The molecular weight excluding hydrogens is 104 g/mol. The smallest absolute Gasteiger partial charge is 0.186 e. The fourth-order valence-corrected chi connectivity index (χ4v) is 0. The highest BCUT2D eigenvalue weighted by atomic mass is 14.2. The van der Waals surface area contributed by atoms with Crippen molar-refractivity contribution in [3.05, 3.63) is 0 Å². The summed E-state index contributed by atoms with van der Waals surface area (Å²) in [7, 11) is 0. The summed E-state index contributed by atoms with van der Waals surface area (Å²) in [5, 5.41) is 10.0. The molecule has 8 heavy (non-hydrogen) atoms. The summed E-state index contributed by atoms with van der Waals surface area (Å²) in [5.41, 5.74) is 0. The molecule has 0 fully saturated rings. The van der Waals surface area contributed by atoms with Crippen LogP contribution in [-0.2, 0) is 0 Å². The van der Waals surface area contributed by atoms with Gasteiger partial charge in [0.1, 0.15) is 0 Å². The highest BCUT2D eigenvalue weighted by molar-refractivity contribution is 5.16. The predicted octanol–water partition coefficient (Wildman–Crippen LogP) is 1.06. The normalized spacial score (nSPS) is 7.00. The quantitative estimate of drug-likeness (QED) is 0.347. The molecule has 0 atom stereocenters. The van der Waals surface area contributed by atoms with Crippen molar-refractivity contribution in [3.63, 3.8) is 0 Å². The van der Waals surface area contributed by atoms with E-state index in [1.165, 1.54) is 0 Å². The lowest BCUT2D eigenvalue weighted by molar-refractivity contribution is 1.61. The van der Waals surface area contributed by atoms with Gasteiger partial charge >= 0.3 is 0 Å². The SMILES string of the molecule is [3H]N=C.[3H]N=C.[3H]N=C.[3H]N=C. The van der Waals surface area contributed by atoms with E-state index in [1.807, 2.05) is 0 Å². The van der Waals surface area contributed by atoms with Gasteiger partial charge in [-0.3, -0.25) is 0 Å². The van der Waals surface area contributed by atoms with Crippen LogP contribution in [0.1, 0.15) is 0 Å². The summed E-state index contributed by atoms with van der Waals surface area (Å²) in [4.78, 5) is 0. The summed E-state index contributed by atoms with van der Waals surface area (Å²) in [6.45, 7) is 11.1. The van der Waals surface area contributed by atoms with E-state index in [4.69, 9.17) is 5.65 Å². The summed E-state index contributed by atoms with van der Waals surface area (Å²) < 4.78 is 22.9. The molecule has 4 nitrogen and oxygen atoms in total. The molecule has 0 heterocycles. The Morgan fingerprint density at radius 2 is 0.750 bits per heavy atom. The first-order valence-electron chi connectivity index (χ1n) is 3.05. The van der Waals surface area contributed by atoms with Crippen LogP contribution in [0.15, 0.2) is 0 Å². The van der Waals surface area contributed by atoms with Crippen molar-refractivity contribution in [3.8, 4) is 0 Å². The molecule has 0 aliphatic carbocycles. The van der Waals surface area contributed by atoms with Gasteiger partial charge in [0.05, 0.1) is 0 Å². The molecule has 0 bridgehead atoms. The van der Waals surface area contributed by atoms with Crippen LogP contribution < -0.4 is 0 Å². The lowest BCUT2D eigenvalue weighted by Crippen LogP contribution is -0.827. The zero-order valence-electron chi connectivity index (χ0n) is 8.62. The predicted molar refractivity (Wildman–Crippen MR) is 39.4 cm³/mol. The first-order valence-corrected chi connectivity index (χ1v) is 1.26. The monoisotopic (exact) mass is 124 g/mol. The van der Waals surface area contributed by atoms with Crippen LogP contribution in [0.25, 0.3) is 0 Å². The highest BCUT2D eigenvalue weighted by Crippen LogP contribution is 0.639. The van der Waals surface area contributed by atoms with E-state index in [1.54, 1.807) is 0 Å². The molecule has 0 aromatic heterocycles. The van der Waals surface area contributed by atoms with Gasteiger partial charge in [0.2, 0.25) is 0 Å². The number of hydrogen-bond acceptors (Lipinski definition) is 4. The molecule has 0 aromatic rings. The van der Waals surface area contributed by atoms with Crippen LogP contribution in [0.5, 0.6) is 0 Å². The van der Waals surface area contributed by atoms with E-state index in [-0.39, 0.29) is 0 Å². The molecule has 0 radical (unpaired) electrons. The van der Waals surface area contributed by atoms with E-state index in [2.05, 4.69) is 48.5 Å². The van der Waals surface area contributed by atoms with E-state index in [0.29, 0.717) is 0 Å². The van der Waals surface area contributed by atoms with Crippen molar-refractivity contribution in [1.82, 2.24) is 0 Å². The van der Waals surface area contributed by atoms with Crippen molar-refractivity contribution < 1.29 is 5.65 Å². The molecule has 0 saturated carbocycles. The van der Waals surface area contributed by atoms with Crippen LogP contribution in [-0.4, -0.2) is 26.9 Å². The fourth-order valence-electron chi connectivity index (χ4n) is 0. The van der Waals surface area contributed by atoms with Crippen LogP contribution in [0, 0.1) is 21.6 Å². The van der Waals surface area contributed by atoms with Gasteiger partial charge in [-0.05, 0) is 26.9 Å². The van der Waals surface area contributed by atoms with E-state index in [9.17, 15) is 0 Å². The third kappa shape index (κ3) is 36.4. The van der Waals surface area contributed by atoms with Gasteiger partial charge in [-0.1, -0.05) is 0 Å². The molecule has 48 valence electrons. The molecule has 0 saturated heterocycles. The largest absolute Gasteiger partial charge is 0.317 e. The Kier molecular flexibility index (Phi) is 43.1. The molecule has 0 amide bonds. The van der Waals surface area contributed by atoms with Crippen molar-refractivity contribution in [2.45, 2.75) is 0 Å². The molecule has 4 N–H and O–H groups in total. The molecule has 0 spiro atoms. The van der Waals surface area contributed by atoms with E-state index < -0.39 is 0 Å². The highest BCUT2D eigenvalue weighted by Gasteiger charge is 0.561. The Labute approximate surface area is 55.4 Å². The third-order valence-corrected chi connectivity index (χ3v) is 0. The van der Waals surface area contributed by atoms with E-state index in [0.717, 1.165) is 0 Å². The van der Waals surface area contributed by atoms with Gasteiger partial charge in [0, 0.05) is 0 Å². The second-order valence-corrected chi connectivity index (χ2v) is 0. The number of rotatable bonds is 0.